The minimum Gasteiger partial charge on any atom is -0.462 e. The fourth-order valence-corrected chi connectivity index (χ4v) is 8.44. The third-order valence-corrected chi connectivity index (χ3v) is 12.5. The second kappa shape index (κ2) is 32.4. The average molecular weight is 962 g/mol. The summed E-state index contributed by atoms with van der Waals surface area (Å²) in [5, 5.41) is 30.1. The van der Waals surface area contributed by atoms with E-state index in [1.807, 2.05) is 18.2 Å². The maximum absolute atomic E-state index is 12.8. The van der Waals surface area contributed by atoms with Crippen LogP contribution in [-0.4, -0.2) is 96.9 Å². The lowest BCUT2D eigenvalue weighted by molar-refractivity contribution is -0.161. The number of nitrogens with two attached hydrogens (primary N) is 1. The number of anilines is 1. The van der Waals surface area contributed by atoms with Crippen LogP contribution in [0, 0.1) is 5.92 Å². The molecule has 21 heteroatoms. The van der Waals surface area contributed by atoms with Crippen LogP contribution in [0.4, 0.5) is 5.82 Å². The number of aliphatic hydroxyl groups excluding tert-OH is 3. The Kier molecular flexibility index (Phi) is 28.8. The van der Waals surface area contributed by atoms with E-state index in [0.717, 1.165) is 75.0 Å². The van der Waals surface area contributed by atoms with E-state index in [1.165, 1.54) is 12.5 Å². The van der Waals surface area contributed by atoms with Crippen molar-refractivity contribution in [3.8, 4) is 0 Å². The van der Waals surface area contributed by atoms with Gasteiger partial charge in [-0.2, -0.15) is 9.29 Å². The number of hydrogen-bond donors (Lipinski definition) is 6. The predicted molar refractivity (Wildman–Crippen MR) is 244 cm³/mol. The van der Waals surface area contributed by atoms with E-state index in [2.05, 4.69) is 53.5 Å². The Morgan fingerprint density at radius 2 is 1.35 bits per heavy atom. The Morgan fingerprint density at radius 3 is 1.97 bits per heavy atom. The highest BCUT2D eigenvalue weighted by atomic mass is 31.3. The number of ether oxygens (including phenoxy) is 3. The molecule has 2 heterocycles. The summed E-state index contributed by atoms with van der Waals surface area (Å²) in [6, 6.07) is 1.24. The van der Waals surface area contributed by atoms with E-state index in [-0.39, 0.29) is 24.8 Å². The molecular formula is C44H73N3O16P2. The van der Waals surface area contributed by atoms with Gasteiger partial charge in [0.2, 0.25) is 0 Å². The first-order valence-electron chi connectivity index (χ1n) is 22.5. The highest BCUT2D eigenvalue weighted by molar-refractivity contribution is 7.61. The molecule has 0 aromatic carbocycles. The number of allylic oxidation sites excluding steroid dienone is 8. The number of aromatic nitrogens is 2. The summed E-state index contributed by atoms with van der Waals surface area (Å²) in [5.41, 5.74) is 4.56. The van der Waals surface area contributed by atoms with Crippen molar-refractivity contribution >= 4 is 33.4 Å². The molecule has 2 unspecified atom stereocenters. The molecule has 0 radical (unpaired) electrons. The Bertz CT molecular complexity index is 1800. The molecule has 65 heavy (non-hydrogen) atoms. The van der Waals surface area contributed by atoms with Crippen LogP contribution in [0.5, 0.6) is 0 Å². The van der Waals surface area contributed by atoms with E-state index in [9.17, 15) is 48.6 Å². The number of carbonyl (C=O) groups is 2. The van der Waals surface area contributed by atoms with E-state index >= 15 is 0 Å². The first-order valence-corrected chi connectivity index (χ1v) is 25.5. The van der Waals surface area contributed by atoms with Crippen molar-refractivity contribution in [2.45, 2.75) is 167 Å². The van der Waals surface area contributed by atoms with E-state index in [4.69, 9.17) is 29.0 Å². The average Bonchev–Trinajstić information content (AvgIpc) is 3.51. The Hall–Kier alpha value is -3.32. The van der Waals surface area contributed by atoms with Crippen LogP contribution < -0.4 is 11.4 Å². The second-order valence-electron chi connectivity index (χ2n) is 16.3. The Balaban J connectivity index is 1.85. The van der Waals surface area contributed by atoms with Gasteiger partial charge in [-0.3, -0.25) is 23.2 Å². The number of hydrogen-bond acceptors (Lipinski definition) is 16. The molecule has 1 aliphatic rings. The summed E-state index contributed by atoms with van der Waals surface area (Å²) in [4.78, 5) is 61.5. The summed E-state index contributed by atoms with van der Waals surface area (Å²) in [7, 11) is -10.9. The topological polar surface area (TPSA) is 286 Å². The van der Waals surface area contributed by atoms with Crippen molar-refractivity contribution in [2.75, 3.05) is 25.6 Å². The van der Waals surface area contributed by atoms with Crippen molar-refractivity contribution in [2.24, 2.45) is 5.92 Å². The van der Waals surface area contributed by atoms with Gasteiger partial charge >= 0.3 is 33.3 Å². The van der Waals surface area contributed by atoms with Gasteiger partial charge in [0.15, 0.2) is 12.3 Å². The summed E-state index contributed by atoms with van der Waals surface area (Å²) >= 11 is 0. The molecule has 370 valence electrons. The van der Waals surface area contributed by atoms with Gasteiger partial charge in [0, 0.05) is 19.0 Å². The van der Waals surface area contributed by atoms with Gasteiger partial charge in [0.25, 0.3) is 0 Å². The van der Waals surface area contributed by atoms with Crippen LogP contribution in [-0.2, 0) is 46.3 Å². The minimum absolute atomic E-state index is 0.0390. The number of carbonyl (C=O) groups excluding carboxylic acids is 2. The summed E-state index contributed by atoms with van der Waals surface area (Å²) in [5.74, 6) is -0.730. The lowest BCUT2D eigenvalue weighted by Gasteiger charge is -2.21. The molecule has 2 rings (SSSR count). The number of phosphoric ester groups is 2. The molecular weight excluding hydrogens is 888 g/mol. The minimum atomic E-state index is -5.44. The smallest absolute Gasteiger partial charge is 0.462 e. The third-order valence-electron chi connectivity index (χ3n) is 9.86. The molecule has 0 spiro atoms. The molecule has 1 aromatic heterocycles. The predicted octanol–water partition coefficient (Wildman–Crippen LogP) is 7.04. The van der Waals surface area contributed by atoms with Crippen LogP contribution in [0.2, 0.25) is 0 Å². The Morgan fingerprint density at radius 1 is 0.785 bits per heavy atom. The SMILES string of the molecule is CC(C)CCCCCCCCC(=O)OC[C@H](COP(=O)(O)OP(=O)(O)OC[C@H]1O[C@@H](n2ccc(N)nc2=O)[C@H](O)[C@@H]1O)OC(=O)CCC/C=C\C/C=C\C/C=C\C/C=C\CCC[C@H](C)O. The largest absolute Gasteiger partial charge is 0.481 e. The molecule has 7 N–H and O–H groups in total. The summed E-state index contributed by atoms with van der Waals surface area (Å²) in [6.07, 6.45) is 22.5. The van der Waals surface area contributed by atoms with Crippen molar-refractivity contribution in [1.82, 2.24) is 9.55 Å². The molecule has 19 nitrogen and oxygen atoms in total. The van der Waals surface area contributed by atoms with Crippen LogP contribution in [0.1, 0.15) is 136 Å². The van der Waals surface area contributed by atoms with Crippen LogP contribution in [0.15, 0.2) is 65.7 Å². The molecule has 0 aliphatic carbocycles. The number of phosphoric acid groups is 2. The molecule has 1 aliphatic heterocycles. The molecule has 0 bridgehead atoms. The van der Waals surface area contributed by atoms with Crippen molar-refractivity contribution in [3.63, 3.8) is 0 Å². The van der Waals surface area contributed by atoms with Gasteiger partial charge in [-0.15, -0.1) is 0 Å². The summed E-state index contributed by atoms with van der Waals surface area (Å²) in [6.45, 7) is 3.80. The number of nitrogen functional groups attached to an aromatic ring is 1. The maximum atomic E-state index is 12.8. The van der Waals surface area contributed by atoms with Gasteiger partial charge in [-0.05, 0) is 76.7 Å². The van der Waals surface area contributed by atoms with Crippen LogP contribution in [0.25, 0.3) is 0 Å². The van der Waals surface area contributed by atoms with Crippen LogP contribution in [0.3, 0.4) is 0 Å². The zero-order valence-electron chi connectivity index (χ0n) is 38.1. The molecule has 8 atom stereocenters. The zero-order chi connectivity index (χ0) is 48.1. The van der Waals surface area contributed by atoms with Gasteiger partial charge < -0.3 is 45.1 Å². The second-order valence-corrected chi connectivity index (χ2v) is 19.4. The van der Waals surface area contributed by atoms with Crippen LogP contribution >= 0.6 is 15.6 Å². The van der Waals surface area contributed by atoms with Crippen molar-refractivity contribution in [3.05, 3.63) is 71.4 Å². The van der Waals surface area contributed by atoms with E-state index in [0.29, 0.717) is 31.6 Å². The molecule has 1 fully saturated rings. The van der Waals surface area contributed by atoms with Crippen molar-refractivity contribution in [1.29, 1.82) is 0 Å². The number of unbranched alkanes of at least 4 members (excludes halogenated alkanes) is 7. The number of aliphatic hydroxyl groups is 3. The van der Waals surface area contributed by atoms with Gasteiger partial charge in [-0.1, -0.05) is 101 Å². The van der Waals surface area contributed by atoms with E-state index in [1.54, 1.807) is 6.92 Å². The summed E-state index contributed by atoms with van der Waals surface area (Å²) < 4.78 is 56.4. The molecule has 1 saturated heterocycles. The number of esters is 2. The first kappa shape index (κ1) is 57.8. The van der Waals surface area contributed by atoms with Crippen molar-refractivity contribution < 1.29 is 71.4 Å². The standard InChI is InChI=1S/C44H73N3O16P2/c1-34(2)25-21-17-15-16-19-23-27-39(49)58-31-36(61-40(50)28-24-20-14-12-10-8-6-4-5-7-9-11-13-18-22-26-35(3)48)32-59-64(54,55)63-65(56,57)60-33-37-41(51)42(52)43(62-37)47-30-29-38(45)46-44(47)53/h5-8,11-14,29-30,34-37,41-43,48,51-52H,4,9-10,15-28,31-33H2,1-3H3,(H,54,55)(H,56,57)(H2,45,46,53)/b7-5-,8-6-,13-11-,14-12-/t35-,36+,37+,41+,42+,43+/m0/s1. The number of nitrogens with zero attached hydrogens (tertiary/aromatic N) is 2. The highest BCUT2D eigenvalue weighted by Crippen LogP contribution is 2.60. The Labute approximate surface area is 382 Å². The molecule has 0 amide bonds. The lowest BCUT2D eigenvalue weighted by atomic mass is 10.0. The fraction of sp³-hybridized carbons (Fsp3) is 0.682. The van der Waals surface area contributed by atoms with Gasteiger partial charge in [-0.25, -0.2) is 13.9 Å². The van der Waals surface area contributed by atoms with Gasteiger partial charge in [0.1, 0.15) is 30.7 Å². The third kappa shape index (κ3) is 27.2. The molecule has 1 aromatic rings. The lowest BCUT2D eigenvalue weighted by Crippen LogP contribution is -2.36. The zero-order valence-corrected chi connectivity index (χ0v) is 39.8. The quantitative estimate of drug-likeness (QED) is 0.0172. The number of rotatable bonds is 35. The van der Waals surface area contributed by atoms with E-state index < -0.39 is 83.7 Å². The van der Waals surface area contributed by atoms with Gasteiger partial charge in [0.05, 0.1) is 19.3 Å². The highest BCUT2D eigenvalue weighted by Gasteiger charge is 2.46. The molecule has 0 saturated carbocycles. The monoisotopic (exact) mass is 961 g/mol. The normalized spacial score (nSPS) is 20.8. The maximum Gasteiger partial charge on any atom is 0.481 e. The fourth-order valence-electron chi connectivity index (χ4n) is 6.33. The first-order chi connectivity index (χ1) is 30.9.